The van der Waals surface area contributed by atoms with Crippen LogP contribution in [0.1, 0.15) is 63.0 Å². The van der Waals surface area contributed by atoms with Crippen molar-refractivity contribution in [2.24, 2.45) is 5.92 Å². The van der Waals surface area contributed by atoms with Crippen LogP contribution in [0.2, 0.25) is 0 Å². The van der Waals surface area contributed by atoms with Gasteiger partial charge in [0, 0.05) is 18.9 Å². The number of nitrogens with zero attached hydrogens (tertiary/aromatic N) is 3. The molecule has 1 aromatic carbocycles. The lowest BCUT2D eigenvalue weighted by Crippen LogP contribution is -2.20. The summed E-state index contributed by atoms with van der Waals surface area (Å²) in [7, 11) is 1.58. The first-order valence-corrected chi connectivity index (χ1v) is 10.2. The van der Waals surface area contributed by atoms with E-state index in [0.29, 0.717) is 18.2 Å². The van der Waals surface area contributed by atoms with Crippen LogP contribution in [0.3, 0.4) is 0 Å². The molecule has 3 rings (SSSR count). The van der Waals surface area contributed by atoms with Gasteiger partial charge in [-0.05, 0) is 42.4 Å². The van der Waals surface area contributed by atoms with Crippen LogP contribution < -0.4 is 9.64 Å². The monoisotopic (exact) mass is 407 g/mol. The molecule has 0 spiro atoms. The van der Waals surface area contributed by atoms with Crippen molar-refractivity contribution >= 4 is 11.5 Å². The van der Waals surface area contributed by atoms with E-state index in [0.717, 1.165) is 6.20 Å². The Morgan fingerprint density at radius 3 is 2.34 bits per heavy atom. The van der Waals surface area contributed by atoms with Crippen LogP contribution in [0.15, 0.2) is 30.5 Å². The van der Waals surface area contributed by atoms with Crippen molar-refractivity contribution in [3.05, 3.63) is 41.6 Å². The molecule has 0 atom stereocenters. The van der Waals surface area contributed by atoms with Gasteiger partial charge in [0.15, 0.2) is 5.82 Å². The van der Waals surface area contributed by atoms with E-state index in [-0.39, 0.29) is 17.7 Å². The predicted molar refractivity (Wildman–Crippen MR) is 108 cm³/mol. The van der Waals surface area contributed by atoms with Crippen LogP contribution in [-0.2, 0) is 6.18 Å². The van der Waals surface area contributed by atoms with Crippen LogP contribution in [0.5, 0.6) is 6.01 Å². The molecule has 1 aromatic heterocycles. The molecule has 0 aliphatic heterocycles. The molecule has 0 N–H and O–H groups in total. The highest BCUT2D eigenvalue weighted by Gasteiger charge is 2.36. The lowest BCUT2D eigenvalue weighted by Gasteiger charge is -2.25. The van der Waals surface area contributed by atoms with Gasteiger partial charge in [0.25, 0.3) is 0 Å². The molecular weight excluding hydrogens is 379 g/mol. The summed E-state index contributed by atoms with van der Waals surface area (Å²) in [5.41, 5.74) is 1.01. The molecule has 1 aliphatic rings. The van der Waals surface area contributed by atoms with Gasteiger partial charge in [-0.1, -0.05) is 45.2 Å². The number of rotatable bonds is 6. The number of anilines is 2. The lowest BCUT2D eigenvalue weighted by atomic mass is 9.84. The van der Waals surface area contributed by atoms with Crippen LogP contribution in [-0.4, -0.2) is 23.6 Å². The average Bonchev–Trinajstić information content (AvgIpc) is 2.71. The summed E-state index contributed by atoms with van der Waals surface area (Å²) >= 11 is 0. The molecule has 2 aromatic rings. The average molecular weight is 407 g/mol. The molecule has 0 bridgehead atoms. The van der Waals surface area contributed by atoms with Crippen LogP contribution in [0.4, 0.5) is 24.7 Å². The Labute approximate surface area is 170 Å². The Morgan fingerprint density at radius 1 is 1.10 bits per heavy atom. The quantitative estimate of drug-likeness (QED) is 0.560. The normalized spacial score (nSPS) is 15.6. The Morgan fingerprint density at radius 2 is 1.76 bits per heavy atom. The first-order chi connectivity index (χ1) is 13.8. The minimum Gasteiger partial charge on any atom is -0.463 e. The summed E-state index contributed by atoms with van der Waals surface area (Å²) in [5, 5.41) is 0. The Bertz CT molecular complexity index is 800. The molecule has 0 amide bonds. The van der Waals surface area contributed by atoms with Crippen molar-refractivity contribution in [1.82, 2.24) is 9.97 Å². The minimum absolute atomic E-state index is 0.0487. The second-order valence-corrected chi connectivity index (χ2v) is 8.08. The molecule has 1 saturated carbocycles. The molecular formula is C22H28F3N3O. The van der Waals surface area contributed by atoms with Gasteiger partial charge in [0.2, 0.25) is 0 Å². The Hall–Kier alpha value is -2.31. The van der Waals surface area contributed by atoms with Gasteiger partial charge in [-0.15, -0.1) is 0 Å². The van der Waals surface area contributed by atoms with Gasteiger partial charge in [-0.2, -0.15) is 18.2 Å². The molecule has 0 unspecified atom stereocenters. The molecule has 7 heteroatoms. The van der Waals surface area contributed by atoms with E-state index in [1.54, 1.807) is 7.05 Å². The molecule has 1 fully saturated rings. The zero-order valence-electron chi connectivity index (χ0n) is 17.2. The molecule has 29 heavy (non-hydrogen) atoms. The van der Waals surface area contributed by atoms with Gasteiger partial charge in [0.05, 0.1) is 6.61 Å². The van der Waals surface area contributed by atoms with Gasteiger partial charge in [-0.3, -0.25) is 0 Å². The van der Waals surface area contributed by atoms with E-state index in [4.69, 9.17) is 4.74 Å². The second-order valence-electron chi connectivity index (χ2n) is 8.08. The van der Waals surface area contributed by atoms with Crippen molar-refractivity contribution in [3.8, 4) is 6.01 Å². The van der Waals surface area contributed by atoms with Crippen molar-refractivity contribution in [2.45, 2.75) is 58.0 Å². The van der Waals surface area contributed by atoms with Gasteiger partial charge >= 0.3 is 12.2 Å². The van der Waals surface area contributed by atoms with Crippen molar-refractivity contribution in [2.75, 3.05) is 18.6 Å². The zero-order valence-corrected chi connectivity index (χ0v) is 17.2. The number of halogens is 3. The Balaban J connectivity index is 1.87. The summed E-state index contributed by atoms with van der Waals surface area (Å²) in [6.07, 6.45) is 2.36. The van der Waals surface area contributed by atoms with E-state index < -0.39 is 11.7 Å². The van der Waals surface area contributed by atoms with Gasteiger partial charge in [-0.25, -0.2) is 4.98 Å². The summed E-state index contributed by atoms with van der Waals surface area (Å²) < 4.78 is 46.0. The highest BCUT2D eigenvalue weighted by Crippen LogP contribution is 2.38. The second kappa shape index (κ2) is 9.01. The van der Waals surface area contributed by atoms with E-state index >= 15 is 0 Å². The van der Waals surface area contributed by atoms with Crippen molar-refractivity contribution in [3.63, 3.8) is 0 Å². The molecule has 0 radical (unpaired) electrons. The summed E-state index contributed by atoms with van der Waals surface area (Å²) in [5.74, 6) is 0.551. The fraction of sp³-hybridized carbons (Fsp3) is 0.545. The number of benzene rings is 1. The minimum atomic E-state index is -4.55. The van der Waals surface area contributed by atoms with Crippen molar-refractivity contribution in [1.29, 1.82) is 0 Å². The largest absolute Gasteiger partial charge is 0.463 e. The smallest absolute Gasteiger partial charge is 0.421 e. The third-order valence-corrected chi connectivity index (χ3v) is 5.27. The SMILES string of the molecule is CC(C)COc1ncc(C(F)(F)F)c(N(C)c2ccc(C3CCCCC3)cc2)n1. The number of ether oxygens (including phenoxy) is 1. The first kappa shape index (κ1) is 21.4. The highest BCUT2D eigenvalue weighted by atomic mass is 19.4. The van der Waals surface area contributed by atoms with Crippen LogP contribution in [0, 0.1) is 5.92 Å². The summed E-state index contributed by atoms with van der Waals surface area (Å²) in [6.45, 7) is 4.24. The maximum atomic E-state index is 13.5. The molecule has 1 aliphatic carbocycles. The molecule has 158 valence electrons. The predicted octanol–water partition coefficient (Wildman–Crippen LogP) is 6.35. The first-order valence-electron chi connectivity index (χ1n) is 10.2. The van der Waals surface area contributed by atoms with E-state index in [2.05, 4.69) is 9.97 Å². The topological polar surface area (TPSA) is 38.2 Å². The third-order valence-electron chi connectivity index (χ3n) is 5.27. The lowest BCUT2D eigenvalue weighted by molar-refractivity contribution is -0.137. The highest BCUT2D eigenvalue weighted by molar-refractivity contribution is 5.63. The summed E-state index contributed by atoms with van der Waals surface area (Å²) in [4.78, 5) is 9.26. The molecule has 1 heterocycles. The molecule has 0 saturated heterocycles. The summed E-state index contributed by atoms with van der Waals surface area (Å²) in [6, 6.07) is 7.72. The fourth-order valence-corrected chi connectivity index (χ4v) is 3.65. The zero-order chi connectivity index (χ0) is 21.0. The fourth-order valence-electron chi connectivity index (χ4n) is 3.65. The molecule has 4 nitrogen and oxygen atoms in total. The van der Waals surface area contributed by atoms with Gasteiger partial charge in [0.1, 0.15) is 5.56 Å². The number of hydrogen-bond acceptors (Lipinski definition) is 4. The standard InChI is InChI=1S/C22H28F3N3O/c1-15(2)14-29-21-26-13-19(22(23,24)25)20(27-21)28(3)18-11-9-17(10-12-18)16-7-5-4-6-8-16/h9-13,15-16H,4-8,14H2,1-3H3. The van der Waals surface area contributed by atoms with E-state index in [1.807, 2.05) is 38.1 Å². The van der Waals surface area contributed by atoms with Crippen molar-refractivity contribution < 1.29 is 17.9 Å². The number of aromatic nitrogens is 2. The number of alkyl halides is 3. The maximum Gasteiger partial charge on any atom is 0.421 e. The van der Waals surface area contributed by atoms with E-state index in [1.165, 1.54) is 42.6 Å². The van der Waals surface area contributed by atoms with Crippen LogP contribution >= 0.6 is 0 Å². The van der Waals surface area contributed by atoms with Crippen LogP contribution in [0.25, 0.3) is 0 Å². The third kappa shape index (κ3) is 5.40. The maximum absolute atomic E-state index is 13.5. The van der Waals surface area contributed by atoms with Gasteiger partial charge < -0.3 is 9.64 Å². The number of hydrogen-bond donors (Lipinski definition) is 0. The Kier molecular flexibility index (Phi) is 6.65. The van der Waals surface area contributed by atoms with E-state index in [9.17, 15) is 13.2 Å².